The molecule has 4 rings (SSSR count). The Bertz CT molecular complexity index is 1320. The number of imide groups is 2. The molecule has 1 aliphatic heterocycles. The molecule has 3 aromatic rings. The number of nitrogens with zero attached hydrogens (tertiary/aromatic N) is 1. The monoisotopic (exact) mass is 448 g/mol. The Balaban J connectivity index is 1.57. The second kappa shape index (κ2) is 8.48. The molecule has 4 amide bonds. The van der Waals surface area contributed by atoms with Crippen LogP contribution in [0.4, 0.5) is 10.5 Å². The van der Waals surface area contributed by atoms with Gasteiger partial charge in [-0.1, -0.05) is 48.5 Å². The van der Waals surface area contributed by atoms with Gasteiger partial charge in [0.1, 0.15) is 16.2 Å². The van der Waals surface area contributed by atoms with Gasteiger partial charge in [0.25, 0.3) is 11.8 Å². The van der Waals surface area contributed by atoms with Crippen LogP contribution in [0, 0.1) is 0 Å². The van der Waals surface area contributed by atoms with Gasteiger partial charge in [-0.15, -0.1) is 0 Å². The standard InChI is InChI=1S/C23H16N2O6S/c26-21-20(22(27)25(23(28)24-21)17-7-3-1-4-8-17)15-16-11-13-18(14-12-16)31-32(29,30)19-9-5-2-6-10-19/h1-15H,(H,24,26,28)/b20-15+. The van der Waals surface area contributed by atoms with Crippen LogP contribution in [0.15, 0.2) is 95.4 Å². The SMILES string of the molecule is O=C1NC(=O)N(c2ccccc2)C(=O)/C1=C/c1ccc(OS(=O)(=O)c2ccccc2)cc1. The van der Waals surface area contributed by atoms with Crippen LogP contribution in [0.25, 0.3) is 6.08 Å². The highest BCUT2D eigenvalue weighted by atomic mass is 32.2. The minimum atomic E-state index is -3.99. The zero-order chi connectivity index (χ0) is 22.7. The van der Waals surface area contributed by atoms with E-state index in [1.807, 2.05) is 0 Å². The van der Waals surface area contributed by atoms with Crippen molar-refractivity contribution >= 4 is 39.7 Å². The van der Waals surface area contributed by atoms with Gasteiger partial charge in [0.15, 0.2) is 0 Å². The number of carbonyl (C=O) groups excluding carboxylic acids is 3. The lowest BCUT2D eigenvalue weighted by atomic mass is 10.1. The number of benzene rings is 3. The van der Waals surface area contributed by atoms with Crippen molar-refractivity contribution in [1.82, 2.24) is 5.32 Å². The number of barbiturate groups is 1. The fraction of sp³-hybridized carbons (Fsp3) is 0. The van der Waals surface area contributed by atoms with Crippen molar-refractivity contribution in [3.8, 4) is 5.75 Å². The Hall–Kier alpha value is -4.24. The molecule has 1 fully saturated rings. The first-order valence-corrected chi connectivity index (χ1v) is 10.8. The molecule has 0 bridgehead atoms. The third-order valence-corrected chi connectivity index (χ3v) is 5.81. The average Bonchev–Trinajstić information content (AvgIpc) is 2.79. The Labute approximate surface area is 183 Å². The van der Waals surface area contributed by atoms with Crippen molar-refractivity contribution in [3.63, 3.8) is 0 Å². The van der Waals surface area contributed by atoms with Crippen LogP contribution in [0.5, 0.6) is 5.75 Å². The summed E-state index contributed by atoms with van der Waals surface area (Å²) < 4.78 is 29.8. The molecule has 160 valence electrons. The second-order valence-electron chi connectivity index (χ2n) is 6.71. The fourth-order valence-corrected chi connectivity index (χ4v) is 3.97. The summed E-state index contributed by atoms with van der Waals surface area (Å²) in [6, 6.07) is 20.9. The summed E-state index contributed by atoms with van der Waals surface area (Å²) in [5, 5.41) is 2.14. The summed E-state index contributed by atoms with van der Waals surface area (Å²) in [4.78, 5) is 38.2. The van der Waals surface area contributed by atoms with Crippen molar-refractivity contribution < 1.29 is 27.0 Å². The highest BCUT2D eigenvalue weighted by Crippen LogP contribution is 2.23. The average molecular weight is 448 g/mol. The van der Waals surface area contributed by atoms with Gasteiger partial charge < -0.3 is 4.18 Å². The minimum Gasteiger partial charge on any atom is -0.379 e. The van der Waals surface area contributed by atoms with Gasteiger partial charge in [-0.2, -0.15) is 8.42 Å². The molecular formula is C23H16N2O6S. The zero-order valence-corrected chi connectivity index (χ0v) is 17.3. The smallest absolute Gasteiger partial charge is 0.339 e. The Morgan fingerprint density at radius 2 is 1.38 bits per heavy atom. The number of hydrogen-bond acceptors (Lipinski definition) is 6. The number of urea groups is 1. The molecule has 8 nitrogen and oxygen atoms in total. The van der Waals surface area contributed by atoms with Gasteiger partial charge in [-0.05, 0) is 48.0 Å². The topological polar surface area (TPSA) is 110 Å². The van der Waals surface area contributed by atoms with E-state index < -0.39 is 28.0 Å². The van der Waals surface area contributed by atoms with Gasteiger partial charge in [0, 0.05) is 0 Å². The minimum absolute atomic E-state index is 0.0151. The molecular weight excluding hydrogens is 432 g/mol. The number of anilines is 1. The van der Waals surface area contributed by atoms with Crippen LogP contribution < -0.4 is 14.4 Å². The van der Waals surface area contributed by atoms with E-state index in [-0.39, 0.29) is 16.2 Å². The van der Waals surface area contributed by atoms with Crippen molar-refractivity contribution in [2.24, 2.45) is 0 Å². The predicted octanol–water partition coefficient (Wildman–Crippen LogP) is 3.12. The zero-order valence-electron chi connectivity index (χ0n) is 16.5. The third-order valence-electron chi connectivity index (χ3n) is 4.54. The van der Waals surface area contributed by atoms with Crippen molar-refractivity contribution in [2.45, 2.75) is 4.90 Å². The molecule has 3 aromatic carbocycles. The summed E-state index contributed by atoms with van der Waals surface area (Å²) in [6.45, 7) is 0. The molecule has 0 aliphatic carbocycles. The van der Waals surface area contributed by atoms with Gasteiger partial charge >= 0.3 is 16.1 Å². The van der Waals surface area contributed by atoms with Crippen LogP contribution in [0.2, 0.25) is 0 Å². The van der Waals surface area contributed by atoms with Gasteiger partial charge in [0.05, 0.1) is 5.69 Å². The van der Waals surface area contributed by atoms with E-state index in [1.165, 1.54) is 42.5 Å². The lowest BCUT2D eigenvalue weighted by molar-refractivity contribution is -0.122. The third kappa shape index (κ3) is 4.28. The van der Waals surface area contributed by atoms with Crippen molar-refractivity contribution in [1.29, 1.82) is 0 Å². The maximum absolute atomic E-state index is 12.8. The molecule has 0 unspecified atom stereocenters. The highest BCUT2D eigenvalue weighted by Gasteiger charge is 2.36. The summed E-state index contributed by atoms with van der Waals surface area (Å²) in [5.74, 6) is -1.52. The van der Waals surface area contributed by atoms with Gasteiger partial charge in [-0.25, -0.2) is 9.69 Å². The molecule has 1 saturated heterocycles. The first-order chi connectivity index (χ1) is 15.3. The summed E-state index contributed by atoms with van der Waals surface area (Å²) in [5.41, 5.74) is 0.526. The van der Waals surface area contributed by atoms with E-state index in [0.717, 1.165) is 4.90 Å². The number of rotatable bonds is 5. The summed E-state index contributed by atoms with van der Waals surface area (Å²) in [6.07, 6.45) is 1.32. The molecule has 0 aromatic heterocycles. The molecule has 0 radical (unpaired) electrons. The number of para-hydroxylation sites is 1. The van der Waals surface area contributed by atoms with E-state index >= 15 is 0 Å². The summed E-state index contributed by atoms with van der Waals surface area (Å²) in [7, 11) is -3.99. The highest BCUT2D eigenvalue weighted by molar-refractivity contribution is 7.87. The van der Waals surface area contributed by atoms with Crippen molar-refractivity contribution in [2.75, 3.05) is 4.90 Å². The van der Waals surface area contributed by atoms with Crippen LogP contribution in [-0.4, -0.2) is 26.3 Å². The summed E-state index contributed by atoms with van der Waals surface area (Å²) >= 11 is 0. The Kier molecular flexibility index (Phi) is 5.57. The van der Waals surface area contributed by atoms with E-state index in [2.05, 4.69) is 5.32 Å². The molecule has 1 heterocycles. The molecule has 1 aliphatic rings. The van der Waals surface area contributed by atoms with Crippen LogP contribution in [0.1, 0.15) is 5.56 Å². The molecule has 0 saturated carbocycles. The van der Waals surface area contributed by atoms with Gasteiger partial charge in [-0.3, -0.25) is 14.9 Å². The fourth-order valence-electron chi connectivity index (χ4n) is 3.02. The quantitative estimate of drug-likeness (QED) is 0.365. The number of hydrogen-bond donors (Lipinski definition) is 1. The van der Waals surface area contributed by atoms with E-state index in [4.69, 9.17) is 4.18 Å². The molecule has 9 heteroatoms. The van der Waals surface area contributed by atoms with Crippen LogP contribution in [0.3, 0.4) is 0 Å². The molecule has 32 heavy (non-hydrogen) atoms. The second-order valence-corrected chi connectivity index (χ2v) is 8.26. The van der Waals surface area contributed by atoms with Gasteiger partial charge in [0.2, 0.25) is 0 Å². The molecule has 1 N–H and O–H groups in total. The normalized spacial score (nSPS) is 15.6. The van der Waals surface area contributed by atoms with E-state index in [0.29, 0.717) is 11.3 Å². The Morgan fingerprint density at radius 1 is 0.781 bits per heavy atom. The molecule has 0 spiro atoms. The first-order valence-electron chi connectivity index (χ1n) is 9.41. The lowest BCUT2D eigenvalue weighted by Crippen LogP contribution is -2.54. The van der Waals surface area contributed by atoms with Crippen molar-refractivity contribution in [3.05, 3.63) is 96.1 Å². The number of nitrogens with one attached hydrogen (secondary N) is 1. The lowest BCUT2D eigenvalue weighted by Gasteiger charge is -2.26. The number of carbonyl (C=O) groups is 3. The van der Waals surface area contributed by atoms with Crippen LogP contribution in [-0.2, 0) is 19.7 Å². The first kappa shape index (κ1) is 21.0. The maximum atomic E-state index is 12.8. The predicted molar refractivity (Wildman–Crippen MR) is 116 cm³/mol. The Morgan fingerprint density at radius 3 is 2.00 bits per heavy atom. The molecule has 0 atom stereocenters. The van der Waals surface area contributed by atoms with E-state index in [9.17, 15) is 22.8 Å². The maximum Gasteiger partial charge on any atom is 0.339 e. The largest absolute Gasteiger partial charge is 0.379 e. The van der Waals surface area contributed by atoms with E-state index in [1.54, 1.807) is 48.5 Å². The van der Waals surface area contributed by atoms with Crippen LogP contribution >= 0.6 is 0 Å². The number of amides is 4.